The summed E-state index contributed by atoms with van der Waals surface area (Å²) in [5.74, 6) is -0.981. The van der Waals surface area contributed by atoms with Crippen LogP contribution in [0.15, 0.2) is 75.5 Å². The van der Waals surface area contributed by atoms with Gasteiger partial charge < -0.3 is 10.6 Å². The van der Waals surface area contributed by atoms with E-state index in [1.807, 2.05) is 55.5 Å². The number of carbonyl (C=O) groups is 3. The van der Waals surface area contributed by atoms with Crippen LogP contribution in [-0.2, 0) is 9.59 Å². The Balaban J connectivity index is 1.39. The number of halogens is 1. The molecule has 32 heavy (non-hydrogen) atoms. The van der Waals surface area contributed by atoms with Gasteiger partial charge in [-0.25, -0.2) is 9.69 Å². The van der Waals surface area contributed by atoms with Crippen molar-refractivity contribution in [2.75, 3.05) is 11.9 Å². The molecule has 2 heterocycles. The average Bonchev–Trinajstić information content (AvgIpc) is 3.31. The molecule has 3 aromatic rings. The average molecular weight is 484 g/mol. The van der Waals surface area contributed by atoms with E-state index in [2.05, 4.69) is 10.6 Å². The minimum absolute atomic E-state index is 0.142. The summed E-state index contributed by atoms with van der Waals surface area (Å²) in [5, 5.41) is 5.92. The van der Waals surface area contributed by atoms with Crippen LogP contribution in [0.4, 0.5) is 10.5 Å². The molecule has 162 valence electrons. The van der Waals surface area contributed by atoms with E-state index in [-0.39, 0.29) is 12.2 Å². The van der Waals surface area contributed by atoms with Gasteiger partial charge in [0.25, 0.3) is 5.91 Å². The fourth-order valence-corrected chi connectivity index (χ4v) is 5.12. The predicted octanol–water partition coefficient (Wildman–Crippen LogP) is 5.39. The minimum Gasteiger partial charge on any atom is -0.325 e. The van der Waals surface area contributed by atoms with Gasteiger partial charge in [0.15, 0.2) is 0 Å². The molecule has 1 aliphatic rings. The molecule has 0 bridgehead atoms. The summed E-state index contributed by atoms with van der Waals surface area (Å²) in [6.45, 7) is 1.58. The van der Waals surface area contributed by atoms with E-state index in [4.69, 9.17) is 11.6 Å². The molecule has 0 saturated carbocycles. The number of anilines is 1. The van der Waals surface area contributed by atoms with Crippen molar-refractivity contribution in [3.8, 4) is 0 Å². The smallest absolute Gasteiger partial charge is 0.325 e. The molecule has 2 aromatic carbocycles. The van der Waals surface area contributed by atoms with Crippen molar-refractivity contribution >= 4 is 64.3 Å². The number of aryl methyl sites for hydroxylation is 1. The first kappa shape index (κ1) is 22.1. The van der Waals surface area contributed by atoms with Crippen LogP contribution in [0.5, 0.6) is 0 Å². The number of nitrogens with zero attached hydrogens (tertiary/aromatic N) is 1. The van der Waals surface area contributed by atoms with Gasteiger partial charge in [0.2, 0.25) is 5.91 Å². The molecule has 0 atom stereocenters. The fourth-order valence-electron chi connectivity index (χ4n) is 2.92. The lowest BCUT2D eigenvalue weighted by Crippen LogP contribution is -2.38. The zero-order chi connectivity index (χ0) is 22.7. The Morgan fingerprint density at radius 1 is 1.09 bits per heavy atom. The summed E-state index contributed by atoms with van der Waals surface area (Å²) in [7, 11) is 0. The SMILES string of the molecule is Cc1ccc(NC(=O)CN2C(=O)N/C(=C\c3ccc(Sc4ccc(Cl)cc4)s3)C2=O)cc1. The molecule has 0 unspecified atom stereocenters. The molecular formula is C23H18ClN3O3S2. The van der Waals surface area contributed by atoms with Gasteiger partial charge in [-0.2, -0.15) is 0 Å². The number of imide groups is 1. The maximum atomic E-state index is 12.7. The molecule has 1 fully saturated rings. The number of hydrogen-bond acceptors (Lipinski definition) is 5. The van der Waals surface area contributed by atoms with Crippen LogP contribution in [-0.4, -0.2) is 29.3 Å². The first-order valence-corrected chi connectivity index (χ1v) is 11.6. The fraction of sp³-hybridized carbons (Fsp3) is 0.0870. The number of thiophene rings is 1. The molecule has 0 spiro atoms. The third-order valence-electron chi connectivity index (χ3n) is 4.52. The highest BCUT2D eigenvalue weighted by Gasteiger charge is 2.35. The number of hydrogen-bond donors (Lipinski definition) is 2. The molecule has 1 saturated heterocycles. The lowest BCUT2D eigenvalue weighted by atomic mass is 10.2. The van der Waals surface area contributed by atoms with Gasteiger partial charge in [-0.1, -0.05) is 41.1 Å². The quantitative estimate of drug-likeness (QED) is 0.364. The molecule has 0 aliphatic carbocycles. The molecule has 4 amide bonds. The topological polar surface area (TPSA) is 78.5 Å². The first-order chi connectivity index (χ1) is 15.4. The van der Waals surface area contributed by atoms with Crippen molar-refractivity contribution in [3.63, 3.8) is 0 Å². The Morgan fingerprint density at radius 2 is 1.81 bits per heavy atom. The maximum absolute atomic E-state index is 12.7. The lowest BCUT2D eigenvalue weighted by Gasteiger charge is -2.12. The van der Waals surface area contributed by atoms with Crippen LogP contribution in [0.1, 0.15) is 10.4 Å². The van der Waals surface area contributed by atoms with Crippen LogP contribution < -0.4 is 10.6 Å². The minimum atomic E-state index is -0.618. The van der Waals surface area contributed by atoms with Crippen LogP contribution >= 0.6 is 34.7 Å². The van der Waals surface area contributed by atoms with Gasteiger partial charge >= 0.3 is 6.03 Å². The molecule has 1 aromatic heterocycles. The van der Waals surface area contributed by atoms with Crippen LogP contribution in [0.3, 0.4) is 0 Å². The van der Waals surface area contributed by atoms with Crippen molar-refractivity contribution < 1.29 is 14.4 Å². The van der Waals surface area contributed by atoms with E-state index < -0.39 is 17.8 Å². The zero-order valence-electron chi connectivity index (χ0n) is 16.9. The van der Waals surface area contributed by atoms with E-state index in [0.29, 0.717) is 10.7 Å². The van der Waals surface area contributed by atoms with E-state index in [9.17, 15) is 14.4 Å². The third kappa shape index (κ3) is 5.40. The first-order valence-electron chi connectivity index (χ1n) is 9.62. The Morgan fingerprint density at radius 3 is 2.53 bits per heavy atom. The Kier molecular flexibility index (Phi) is 6.64. The zero-order valence-corrected chi connectivity index (χ0v) is 19.3. The second kappa shape index (κ2) is 9.60. The lowest BCUT2D eigenvalue weighted by molar-refractivity contribution is -0.127. The summed E-state index contributed by atoms with van der Waals surface area (Å²) in [5.41, 5.74) is 1.81. The molecule has 0 radical (unpaired) electrons. The van der Waals surface area contributed by atoms with Gasteiger partial charge in [-0.3, -0.25) is 9.59 Å². The largest absolute Gasteiger partial charge is 0.329 e. The number of urea groups is 1. The molecule has 6 nitrogen and oxygen atoms in total. The van der Waals surface area contributed by atoms with E-state index in [1.54, 1.807) is 30.0 Å². The highest BCUT2D eigenvalue weighted by Crippen LogP contribution is 2.34. The van der Waals surface area contributed by atoms with Crippen molar-refractivity contribution in [1.29, 1.82) is 0 Å². The van der Waals surface area contributed by atoms with Gasteiger partial charge in [0, 0.05) is 20.5 Å². The monoisotopic (exact) mass is 483 g/mol. The van der Waals surface area contributed by atoms with E-state index >= 15 is 0 Å². The Labute approximate surface area is 198 Å². The van der Waals surface area contributed by atoms with Gasteiger partial charge in [0.1, 0.15) is 12.2 Å². The summed E-state index contributed by atoms with van der Waals surface area (Å²) < 4.78 is 1.03. The van der Waals surface area contributed by atoms with Crippen LogP contribution in [0, 0.1) is 6.92 Å². The predicted molar refractivity (Wildman–Crippen MR) is 128 cm³/mol. The van der Waals surface area contributed by atoms with Gasteiger partial charge in [-0.05, 0) is 61.5 Å². The molecule has 2 N–H and O–H groups in total. The molecule has 9 heteroatoms. The summed E-state index contributed by atoms with van der Waals surface area (Å²) in [6.07, 6.45) is 1.62. The number of rotatable bonds is 6. The Bertz CT molecular complexity index is 1200. The van der Waals surface area contributed by atoms with Crippen molar-refractivity contribution in [1.82, 2.24) is 10.2 Å². The van der Waals surface area contributed by atoms with Crippen LogP contribution in [0.25, 0.3) is 6.08 Å². The molecule has 4 rings (SSSR count). The molecular weight excluding hydrogens is 466 g/mol. The van der Waals surface area contributed by atoms with Gasteiger partial charge in [-0.15, -0.1) is 11.3 Å². The normalized spacial score (nSPS) is 14.7. The number of amides is 4. The number of carbonyl (C=O) groups excluding carboxylic acids is 3. The Hall–Kier alpha value is -3.07. The van der Waals surface area contributed by atoms with Crippen molar-refractivity contribution in [3.05, 3.63) is 81.8 Å². The van der Waals surface area contributed by atoms with E-state index in [0.717, 1.165) is 24.4 Å². The highest BCUT2D eigenvalue weighted by atomic mass is 35.5. The van der Waals surface area contributed by atoms with Gasteiger partial charge in [0.05, 0.1) is 4.21 Å². The standard InChI is InChI=1S/C23H18ClN3O3S2/c1-14-2-6-16(7-3-14)25-20(28)13-27-22(29)19(26-23(27)30)12-18-10-11-21(32-18)31-17-8-4-15(24)5-9-17/h2-12H,13H2,1H3,(H,25,28)(H,26,30)/b19-12-. The summed E-state index contributed by atoms with van der Waals surface area (Å²) in [4.78, 5) is 40.0. The van der Waals surface area contributed by atoms with Crippen molar-refractivity contribution in [2.45, 2.75) is 16.0 Å². The third-order valence-corrected chi connectivity index (χ3v) is 6.94. The second-order valence-corrected chi connectivity index (χ2v) is 9.93. The van der Waals surface area contributed by atoms with E-state index in [1.165, 1.54) is 11.3 Å². The van der Waals surface area contributed by atoms with Crippen molar-refractivity contribution in [2.24, 2.45) is 0 Å². The second-order valence-electron chi connectivity index (χ2n) is 7.01. The molecule has 1 aliphatic heterocycles. The number of benzene rings is 2. The maximum Gasteiger partial charge on any atom is 0.329 e. The highest BCUT2D eigenvalue weighted by molar-refractivity contribution is 8.01. The summed E-state index contributed by atoms with van der Waals surface area (Å²) in [6, 6.07) is 18.0. The van der Waals surface area contributed by atoms with Crippen LogP contribution in [0.2, 0.25) is 5.02 Å². The number of nitrogens with one attached hydrogen (secondary N) is 2. The summed E-state index contributed by atoms with van der Waals surface area (Å²) >= 11 is 8.99.